The van der Waals surface area contributed by atoms with Crippen LogP contribution in [-0.4, -0.2) is 58.8 Å². The SMILES string of the molecule is CC(C)CCN1CCN(Cc2ccc(O)c(Cl)c2)CC1CCO. The van der Waals surface area contributed by atoms with Gasteiger partial charge in [-0.3, -0.25) is 9.80 Å². The van der Waals surface area contributed by atoms with Crippen LogP contribution in [0.5, 0.6) is 5.75 Å². The van der Waals surface area contributed by atoms with Crippen molar-refractivity contribution in [2.45, 2.75) is 39.3 Å². The summed E-state index contributed by atoms with van der Waals surface area (Å²) in [5.41, 5.74) is 1.12. The van der Waals surface area contributed by atoms with E-state index in [4.69, 9.17) is 11.6 Å². The number of piperazine rings is 1. The van der Waals surface area contributed by atoms with Gasteiger partial charge in [-0.25, -0.2) is 0 Å². The van der Waals surface area contributed by atoms with Crippen molar-refractivity contribution in [2.75, 3.05) is 32.8 Å². The number of halogens is 1. The fourth-order valence-electron chi connectivity index (χ4n) is 3.15. The Kier molecular flexibility index (Phi) is 7.15. The Labute approximate surface area is 144 Å². The van der Waals surface area contributed by atoms with Crippen LogP contribution in [0.2, 0.25) is 5.02 Å². The normalized spacial score (nSPS) is 20.3. The highest BCUT2D eigenvalue weighted by atomic mass is 35.5. The molecule has 1 atom stereocenters. The number of phenols is 1. The van der Waals surface area contributed by atoms with E-state index in [1.165, 1.54) is 6.42 Å². The standard InChI is InChI=1S/C18H29ClN2O2/c1-14(2)5-7-21-9-8-20(13-16(21)6-10-22)12-15-3-4-18(23)17(19)11-15/h3-4,11,14,16,22-23H,5-10,12-13H2,1-2H3. The molecule has 2 rings (SSSR count). The molecule has 0 aromatic heterocycles. The number of aliphatic hydroxyl groups excluding tert-OH is 1. The third-order valence-corrected chi connectivity index (χ3v) is 4.87. The van der Waals surface area contributed by atoms with Gasteiger partial charge in [0.15, 0.2) is 0 Å². The summed E-state index contributed by atoms with van der Waals surface area (Å²) in [5.74, 6) is 0.842. The van der Waals surface area contributed by atoms with Gasteiger partial charge in [-0.1, -0.05) is 31.5 Å². The average Bonchev–Trinajstić information content (AvgIpc) is 2.50. The number of aromatic hydroxyl groups is 1. The lowest BCUT2D eigenvalue weighted by Crippen LogP contribution is -2.53. The Hall–Kier alpha value is -0.810. The van der Waals surface area contributed by atoms with Gasteiger partial charge >= 0.3 is 0 Å². The van der Waals surface area contributed by atoms with Crippen molar-refractivity contribution in [1.82, 2.24) is 9.80 Å². The van der Waals surface area contributed by atoms with Crippen LogP contribution in [0.4, 0.5) is 0 Å². The van der Waals surface area contributed by atoms with Gasteiger partial charge in [-0.2, -0.15) is 0 Å². The van der Waals surface area contributed by atoms with Crippen LogP contribution >= 0.6 is 11.6 Å². The summed E-state index contributed by atoms with van der Waals surface area (Å²) >= 11 is 5.99. The van der Waals surface area contributed by atoms with Gasteiger partial charge in [-0.05, 0) is 43.0 Å². The van der Waals surface area contributed by atoms with E-state index in [2.05, 4.69) is 23.6 Å². The first-order chi connectivity index (χ1) is 11.0. The van der Waals surface area contributed by atoms with Gasteiger partial charge in [0.05, 0.1) is 5.02 Å². The van der Waals surface area contributed by atoms with E-state index in [1.807, 2.05) is 12.1 Å². The second kappa shape index (κ2) is 8.88. The molecule has 0 aliphatic carbocycles. The highest BCUT2D eigenvalue weighted by Gasteiger charge is 2.26. The Morgan fingerprint density at radius 3 is 2.74 bits per heavy atom. The maximum absolute atomic E-state index is 9.52. The number of nitrogens with zero attached hydrogens (tertiary/aromatic N) is 2. The highest BCUT2D eigenvalue weighted by molar-refractivity contribution is 6.32. The van der Waals surface area contributed by atoms with Crippen LogP contribution in [0.25, 0.3) is 0 Å². The number of hydrogen-bond acceptors (Lipinski definition) is 4. The van der Waals surface area contributed by atoms with Crippen molar-refractivity contribution in [2.24, 2.45) is 5.92 Å². The monoisotopic (exact) mass is 340 g/mol. The third-order valence-electron chi connectivity index (χ3n) is 4.56. The molecule has 23 heavy (non-hydrogen) atoms. The van der Waals surface area contributed by atoms with E-state index >= 15 is 0 Å². The minimum absolute atomic E-state index is 0.132. The van der Waals surface area contributed by atoms with Gasteiger partial charge in [0.25, 0.3) is 0 Å². The van der Waals surface area contributed by atoms with Gasteiger partial charge in [0, 0.05) is 38.8 Å². The topological polar surface area (TPSA) is 46.9 Å². The molecular formula is C18H29ClN2O2. The van der Waals surface area contributed by atoms with Crippen LogP contribution in [0.1, 0.15) is 32.3 Å². The number of phenolic OH excluding ortho intramolecular Hbond substituents is 1. The zero-order valence-electron chi connectivity index (χ0n) is 14.2. The first-order valence-corrected chi connectivity index (χ1v) is 8.92. The summed E-state index contributed by atoms with van der Waals surface area (Å²) in [6.07, 6.45) is 2.03. The van der Waals surface area contributed by atoms with E-state index in [0.29, 0.717) is 17.0 Å². The van der Waals surface area contributed by atoms with Gasteiger partial charge in [0.2, 0.25) is 0 Å². The highest BCUT2D eigenvalue weighted by Crippen LogP contribution is 2.25. The lowest BCUT2D eigenvalue weighted by Gasteiger charge is -2.41. The zero-order valence-corrected chi connectivity index (χ0v) is 15.0. The Balaban J connectivity index is 1.93. The van der Waals surface area contributed by atoms with Crippen molar-refractivity contribution in [3.8, 4) is 5.75 Å². The van der Waals surface area contributed by atoms with Crippen LogP contribution in [0.3, 0.4) is 0 Å². The molecule has 130 valence electrons. The zero-order chi connectivity index (χ0) is 16.8. The molecule has 0 amide bonds. The van der Waals surface area contributed by atoms with Crippen molar-refractivity contribution < 1.29 is 10.2 Å². The van der Waals surface area contributed by atoms with E-state index in [0.717, 1.165) is 44.7 Å². The summed E-state index contributed by atoms with van der Waals surface area (Å²) in [6, 6.07) is 5.83. The first kappa shape index (κ1) is 18.5. The van der Waals surface area contributed by atoms with Gasteiger partial charge < -0.3 is 10.2 Å². The largest absolute Gasteiger partial charge is 0.506 e. The number of rotatable bonds is 7. The van der Waals surface area contributed by atoms with E-state index < -0.39 is 0 Å². The maximum atomic E-state index is 9.52. The molecule has 0 bridgehead atoms. The molecule has 1 heterocycles. The minimum Gasteiger partial charge on any atom is -0.506 e. The number of benzene rings is 1. The smallest absolute Gasteiger partial charge is 0.134 e. The first-order valence-electron chi connectivity index (χ1n) is 8.54. The summed E-state index contributed by atoms with van der Waals surface area (Å²) in [4.78, 5) is 4.94. The molecule has 1 aliphatic rings. The fraction of sp³-hybridized carbons (Fsp3) is 0.667. The minimum atomic E-state index is 0.132. The Bertz CT molecular complexity index is 496. The molecule has 1 saturated heterocycles. The Morgan fingerprint density at radius 2 is 2.09 bits per heavy atom. The fourth-order valence-corrected chi connectivity index (χ4v) is 3.35. The lowest BCUT2D eigenvalue weighted by atomic mass is 10.0. The van der Waals surface area contributed by atoms with E-state index in [9.17, 15) is 10.2 Å². The molecule has 0 saturated carbocycles. The number of aliphatic hydroxyl groups is 1. The molecule has 0 spiro atoms. The molecule has 2 N–H and O–H groups in total. The second-order valence-corrected chi connectivity index (χ2v) is 7.31. The molecule has 1 fully saturated rings. The van der Waals surface area contributed by atoms with Crippen LogP contribution in [-0.2, 0) is 6.54 Å². The molecule has 4 nitrogen and oxygen atoms in total. The molecule has 1 aliphatic heterocycles. The number of hydrogen-bond donors (Lipinski definition) is 2. The molecule has 1 unspecified atom stereocenters. The van der Waals surface area contributed by atoms with Crippen molar-refractivity contribution in [3.05, 3.63) is 28.8 Å². The van der Waals surface area contributed by atoms with Crippen LogP contribution in [0.15, 0.2) is 18.2 Å². The van der Waals surface area contributed by atoms with Crippen molar-refractivity contribution in [1.29, 1.82) is 0 Å². The summed E-state index contributed by atoms with van der Waals surface area (Å²) in [7, 11) is 0. The maximum Gasteiger partial charge on any atom is 0.134 e. The predicted molar refractivity (Wildman–Crippen MR) is 94.9 cm³/mol. The van der Waals surface area contributed by atoms with Crippen LogP contribution in [0, 0.1) is 5.92 Å². The van der Waals surface area contributed by atoms with E-state index in [-0.39, 0.29) is 12.4 Å². The van der Waals surface area contributed by atoms with Gasteiger partial charge in [-0.15, -0.1) is 0 Å². The molecule has 1 aromatic rings. The molecule has 1 aromatic carbocycles. The van der Waals surface area contributed by atoms with Crippen molar-refractivity contribution in [3.63, 3.8) is 0 Å². The molecular weight excluding hydrogens is 312 g/mol. The molecule has 5 heteroatoms. The Morgan fingerprint density at radius 1 is 1.30 bits per heavy atom. The molecule has 0 radical (unpaired) electrons. The third kappa shape index (κ3) is 5.64. The van der Waals surface area contributed by atoms with Crippen LogP contribution < -0.4 is 0 Å². The summed E-state index contributed by atoms with van der Waals surface area (Å²) in [5, 5.41) is 19.3. The summed E-state index contributed by atoms with van der Waals surface area (Å²) in [6.45, 7) is 9.74. The average molecular weight is 341 g/mol. The van der Waals surface area contributed by atoms with Gasteiger partial charge in [0.1, 0.15) is 5.75 Å². The van der Waals surface area contributed by atoms with E-state index in [1.54, 1.807) is 6.07 Å². The van der Waals surface area contributed by atoms with Crippen molar-refractivity contribution >= 4 is 11.6 Å². The quantitative estimate of drug-likeness (QED) is 0.801. The second-order valence-electron chi connectivity index (χ2n) is 6.91. The summed E-state index contributed by atoms with van der Waals surface area (Å²) < 4.78 is 0. The lowest BCUT2D eigenvalue weighted by molar-refractivity contribution is 0.0524. The predicted octanol–water partition coefficient (Wildman–Crippen LogP) is 2.96.